The lowest BCUT2D eigenvalue weighted by molar-refractivity contribution is -0.385. The van der Waals surface area contributed by atoms with E-state index in [0.29, 0.717) is 12.0 Å². The van der Waals surface area contributed by atoms with E-state index < -0.39 is 0 Å². The number of nitro groups is 1. The van der Waals surface area contributed by atoms with E-state index in [1.807, 2.05) is 12.1 Å². The second-order valence-corrected chi connectivity index (χ2v) is 6.61. The van der Waals surface area contributed by atoms with Gasteiger partial charge in [-0.05, 0) is 36.8 Å². The Balaban J connectivity index is 1.99. The number of nitrogens with zero attached hydrogens (tertiary/aromatic N) is 1. The first-order chi connectivity index (χ1) is 9.56. The van der Waals surface area contributed by atoms with Crippen LogP contribution >= 0.6 is 15.9 Å². The smallest absolute Gasteiger partial charge is 0.275 e. The number of hydrogen-bond donors (Lipinski definition) is 1. The molecule has 0 heterocycles. The number of benzene rings is 1. The maximum atomic E-state index is 11.1. The summed E-state index contributed by atoms with van der Waals surface area (Å²) in [6, 6.07) is 5.25. The monoisotopic (exact) mass is 340 g/mol. The average Bonchev–Trinajstić information content (AvgIpc) is 2.89. The summed E-state index contributed by atoms with van der Waals surface area (Å²) >= 11 is 3.28. The third-order valence-corrected chi connectivity index (χ3v) is 4.97. The van der Waals surface area contributed by atoms with Gasteiger partial charge >= 0.3 is 0 Å². The second kappa shape index (κ2) is 6.68. The number of nitro benzene ring substituents is 1. The van der Waals surface area contributed by atoms with E-state index in [4.69, 9.17) is 0 Å². The largest absolute Gasteiger partial charge is 0.312 e. The highest BCUT2D eigenvalue weighted by atomic mass is 79.9. The van der Waals surface area contributed by atoms with Crippen molar-refractivity contribution in [1.29, 1.82) is 0 Å². The normalized spacial score (nSPS) is 17.3. The molecule has 1 aliphatic rings. The first kappa shape index (κ1) is 15.4. The van der Waals surface area contributed by atoms with Crippen LogP contribution in [0.25, 0.3) is 0 Å². The number of nitrogens with one attached hydrogen (secondary N) is 1. The highest BCUT2D eigenvalue weighted by Gasteiger charge is 2.31. The lowest BCUT2D eigenvalue weighted by Crippen LogP contribution is -2.31. The minimum absolute atomic E-state index is 0.184. The Hall–Kier alpha value is -0.940. The summed E-state index contributed by atoms with van der Waals surface area (Å²) in [5.41, 5.74) is 1.34. The van der Waals surface area contributed by atoms with Crippen molar-refractivity contribution >= 4 is 21.6 Å². The number of halogens is 1. The Morgan fingerprint density at radius 3 is 2.70 bits per heavy atom. The molecule has 20 heavy (non-hydrogen) atoms. The Labute approximate surface area is 128 Å². The first-order valence-corrected chi connectivity index (χ1v) is 7.99. The number of rotatable bonds is 6. The summed E-state index contributed by atoms with van der Waals surface area (Å²) in [6.07, 6.45) is 6.36. The van der Waals surface area contributed by atoms with Crippen molar-refractivity contribution in [1.82, 2.24) is 5.32 Å². The minimum Gasteiger partial charge on any atom is -0.312 e. The van der Waals surface area contributed by atoms with Crippen LogP contribution in [0.15, 0.2) is 22.7 Å². The molecule has 0 bridgehead atoms. The Morgan fingerprint density at radius 1 is 1.40 bits per heavy atom. The molecule has 0 atom stereocenters. The molecule has 0 saturated heterocycles. The molecular weight excluding hydrogens is 320 g/mol. The van der Waals surface area contributed by atoms with Crippen LogP contribution in [0.3, 0.4) is 0 Å². The lowest BCUT2D eigenvalue weighted by Gasteiger charge is -2.27. The van der Waals surface area contributed by atoms with Gasteiger partial charge in [0.15, 0.2) is 0 Å². The summed E-state index contributed by atoms with van der Waals surface area (Å²) in [5.74, 6) is 0. The molecule has 110 valence electrons. The summed E-state index contributed by atoms with van der Waals surface area (Å²) in [4.78, 5) is 10.8. The summed E-state index contributed by atoms with van der Waals surface area (Å²) in [7, 11) is 0. The van der Waals surface area contributed by atoms with Crippen molar-refractivity contribution in [3.63, 3.8) is 0 Å². The van der Waals surface area contributed by atoms with Gasteiger partial charge < -0.3 is 5.32 Å². The Morgan fingerprint density at radius 2 is 2.10 bits per heavy atom. The van der Waals surface area contributed by atoms with Gasteiger partial charge in [-0.3, -0.25) is 10.1 Å². The van der Waals surface area contributed by atoms with Crippen LogP contribution in [0.1, 0.15) is 44.6 Å². The van der Waals surface area contributed by atoms with Gasteiger partial charge in [0, 0.05) is 29.2 Å². The van der Waals surface area contributed by atoms with Gasteiger partial charge in [0.25, 0.3) is 5.69 Å². The predicted molar refractivity (Wildman–Crippen MR) is 83.7 cm³/mol. The minimum atomic E-state index is -0.313. The van der Waals surface area contributed by atoms with Crippen LogP contribution in [0.2, 0.25) is 0 Å². The fraction of sp³-hybridized carbons (Fsp3) is 0.600. The second-order valence-electron chi connectivity index (χ2n) is 5.69. The topological polar surface area (TPSA) is 55.2 Å². The van der Waals surface area contributed by atoms with Crippen LogP contribution in [0.5, 0.6) is 0 Å². The van der Waals surface area contributed by atoms with E-state index >= 15 is 0 Å². The Kier molecular flexibility index (Phi) is 5.16. The van der Waals surface area contributed by atoms with E-state index in [2.05, 4.69) is 28.2 Å². The van der Waals surface area contributed by atoms with E-state index in [1.54, 1.807) is 6.07 Å². The van der Waals surface area contributed by atoms with Crippen molar-refractivity contribution in [2.75, 3.05) is 6.54 Å². The predicted octanol–water partition coefficient (Wildman–Crippen LogP) is 4.42. The first-order valence-electron chi connectivity index (χ1n) is 7.20. The molecule has 1 aromatic rings. The van der Waals surface area contributed by atoms with Gasteiger partial charge in [-0.2, -0.15) is 0 Å². The molecule has 0 aliphatic heterocycles. The molecule has 0 amide bonds. The van der Waals surface area contributed by atoms with Gasteiger partial charge in [-0.15, -0.1) is 0 Å². The average molecular weight is 341 g/mol. The molecule has 1 aliphatic carbocycles. The van der Waals surface area contributed by atoms with Gasteiger partial charge in [-0.25, -0.2) is 0 Å². The number of hydrogen-bond acceptors (Lipinski definition) is 3. The lowest BCUT2D eigenvalue weighted by atomic mass is 9.83. The summed E-state index contributed by atoms with van der Waals surface area (Å²) in [6.45, 7) is 3.76. The highest BCUT2D eigenvalue weighted by Crippen LogP contribution is 2.40. The third kappa shape index (κ3) is 3.58. The molecule has 1 aromatic carbocycles. The van der Waals surface area contributed by atoms with Crippen LogP contribution in [0.4, 0.5) is 5.69 Å². The Bertz CT molecular complexity index is 485. The molecule has 0 unspecified atom stereocenters. The van der Waals surface area contributed by atoms with Crippen LogP contribution in [-0.2, 0) is 6.54 Å². The highest BCUT2D eigenvalue weighted by molar-refractivity contribution is 9.10. The van der Waals surface area contributed by atoms with Gasteiger partial charge in [0.1, 0.15) is 0 Å². The van der Waals surface area contributed by atoms with Crippen molar-refractivity contribution in [2.45, 2.75) is 45.6 Å². The fourth-order valence-electron chi connectivity index (χ4n) is 3.10. The van der Waals surface area contributed by atoms with E-state index in [-0.39, 0.29) is 10.6 Å². The van der Waals surface area contributed by atoms with Crippen LogP contribution in [0, 0.1) is 15.5 Å². The molecule has 4 nitrogen and oxygen atoms in total. The molecule has 2 rings (SSSR count). The summed E-state index contributed by atoms with van der Waals surface area (Å²) in [5, 5.41) is 14.5. The molecule has 0 spiro atoms. The quantitative estimate of drug-likeness (QED) is 0.616. The fourth-order valence-corrected chi connectivity index (χ4v) is 3.45. The maximum Gasteiger partial charge on any atom is 0.275 e. The maximum absolute atomic E-state index is 11.1. The SMILES string of the molecule is CCC1(CNCc2ccc(Br)cc2[N+](=O)[O-])CCCC1. The zero-order valence-corrected chi connectivity index (χ0v) is 13.4. The van der Waals surface area contributed by atoms with Gasteiger partial charge in [0.05, 0.1) is 4.92 Å². The third-order valence-electron chi connectivity index (χ3n) is 4.47. The van der Waals surface area contributed by atoms with E-state index in [0.717, 1.165) is 16.6 Å². The van der Waals surface area contributed by atoms with E-state index in [9.17, 15) is 10.1 Å². The molecule has 0 aromatic heterocycles. The van der Waals surface area contributed by atoms with E-state index in [1.165, 1.54) is 32.1 Å². The van der Waals surface area contributed by atoms with Crippen molar-refractivity contribution in [3.8, 4) is 0 Å². The molecule has 1 fully saturated rings. The standard InChI is InChI=1S/C15H21BrN2O2/c1-2-15(7-3-4-8-15)11-17-10-12-5-6-13(16)9-14(12)18(19)20/h5-6,9,17H,2-4,7-8,10-11H2,1H3. The van der Waals surface area contributed by atoms with Crippen LogP contribution in [-0.4, -0.2) is 11.5 Å². The molecule has 5 heteroatoms. The van der Waals surface area contributed by atoms with Crippen LogP contribution < -0.4 is 5.32 Å². The molecule has 0 radical (unpaired) electrons. The van der Waals surface area contributed by atoms with Gasteiger partial charge in [0.2, 0.25) is 0 Å². The van der Waals surface area contributed by atoms with Crippen molar-refractivity contribution < 1.29 is 4.92 Å². The molecule has 1 saturated carbocycles. The molecular formula is C15H21BrN2O2. The van der Waals surface area contributed by atoms with Crippen molar-refractivity contribution in [3.05, 3.63) is 38.3 Å². The van der Waals surface area contributed by atoms with Crippen molar-refractivity contribution in [2.24, 2.45) is 5.41 Å². The van der Waals surface area contributed by atoms with Gasteiger partial charge in [-0.1, -0.05) is 35.7 Å². The zero-order valence-electron chi connectivity index (χ0n) is 11.8. The summed E-state index contributed by atoms with van der Waals surface area (Å²) < 4.78 is 0.744. The zero-order chi connectivity index (χ0) is 14.6. The molecule has 1 N–H and O–H groups in total.